The highest BCUT2D eigenvalue weighted by atomic mass is 31.1. The highest BCUT2D eigenvalue weighted by molar-refractivity contribution is 7.65. The molecule has 12 nitrogen and oxygen atoms in total. The Hall–Kier alpha value is -4.85. The van der Waals surface area contributed by atoms with Crippen LogP contribution in [0.5, 0.6) is 5.75 Å². The van der Waals surface area contributed by atoms with Gasteiger partial charge in [0.2, 0.25) is 11.9 Å². The number of carbonyl (C=O) groups excluding carboxylic acids is 1. The van der Waals surface area contributed by atoms with E-state index in [0.29, 0.717) is 29.5 Å². The summed E-state index contributed by atoms with van der Waals surface area (Å²) in [6.45, 7) is 9.38. The molecule has 0 saturated carbocycles. The molecule has 0 unspecified atom stereocenters. The largest absolute Gasteiger partial charge is 0.494 e. The molecule has 4 rings (SSSR count). The second-order valence-corrected chi connectivity index (χ2v) is 12.3. The Kier molecular flexibility index (Phi) is 10.0. The molecule has 13 heteroatoms. The fraction of sp³-hybridized carbons (Fsp3) is 0.267. The van der Waals surface area contributed by atoms with Crippen LogP contribution in [0.15, 0.2) is 55.5 Å². The number of hydrogen-bond acceptors (Lipinski definition) is 11. The topological polar surface area (TPSA) is 144 Å². The van der Waals surface area contributed by atoms with Crippen LogP contribution in [0.25, 0.3) is 11.0 Å². The predicted octanol–water partition coefficient (Wildman–Crippen LogP) is 4.28. The number of nitrogens with zero attached hydrogens (tertiary/aromatic N) is 7. The van der Waals surface area contributed by atoms with Gasteiger partial charge < -0.3 is 30.5 Å². The Morgan fingerprint density at radius 2 is 1.84 bits per heavy atom. The summed E-state index contributed by atoms with van der Waals surface area (Å²) in [6, 6.07) is 9.58. The molecule has 2 aromatic heterocycles. The lowest BCUT2D eigenvalue weighted by molar-refractivity contribution is -0.111. The second-order valence-electron chi connectivity index (χ2n) is 10.1. The van der Waals surface area contributed by atoms with E-state index < -0.39 is 7.92 Å². The number of nitriles is 1. The molecule has 0 fully saturated rings. The minimum absolute atomic E-state index is 0.229. The summed E-state index contributed by atoms with van der Waals surface area (Å²) in [7, 11) is 6.93. The summed E-state index contributed by atoms with van der Waals surface area (Å²) < 4.78 is 5.71. The molecule has 43 heavy (non-hydrogen) atoms. The van der Waals surface area contributed by atoms with E-state index in [4.69, 9.17) is 4.74 Å². The highest BCUT2D eigenvalue weighted by Gasteiger charge is 2.19. The predicted molar refractivity (Wildman–Crippen MR) is 175 cm³/mol. The number of carbonyl (C=O) groups is 1. The number of methoxy groups -OCH3 is 1. The first-order valence-corrected chi connectivity index (χ1v) is 15.6. The number of rotatable bonds is 12. The van der Waals surface area contributed by atoms with Gasteiger partial charge in [0, 0.05) is 49.6 Å². The molecule has 4 aromatic rings. The van der Waals surface area contributed by atoms with Crippen LogP contribution in [0.1, 0.15) is 5.56 Å². The van der Waals surface area contributed by atoms with E-state index in [0.717, 1.165) is 34.3 Å². The van der Waals surface area contributed by atoms with E-state index in [1.54, 1.807) is 25.6 Å². The van der Waals surface area contributed by atoms with E-state index in [2.05, 4.69) is 66.8 Å². The van der Waals surface area contributed by atoms with Gasteiger partial charge in [-0.1, -0.05) is 14.5 Å². The van der Waals surface area contributed by atoms with Crippen molar-refractivity contribution in [2.75, 3.05) is 75.5 Å². The zero-order valence-corrected chi connectivity index (χ0v) is 26.0. The van der Waals surface area contributed by atoms with Crippen molar-refractivity contribution in [2.45, 2.75) is 0 Å². The summed E-state index contributed by atoms with van der Waals surface area (Å²) in [5.41, 5.74) is 4.52. The molecule has 0 radical (unpaired) electrons. The van der Waals surface area contributed by atoms with Gasteiger partial charge in [-0.25, -0.2) is 4.98 Å². The third-order valence-electron chi connectivity index (χ3n) is 6.52. The number of fused-ring (bicyclic) bond motifs is 1. The number of anilines is 6. The van der Waals surface area contributed by atoms with Crippen molar-refractivity contribution in [1.82, 2.24) is 24.8 Å². The number of amides is 1. The molecular weight excluding hydrogens is 563 g/mol. The summed E-state index contributed by atoms with van der Waals surface area (Å²) in [5, 5.41) is 20.3. The van der Waals surface area contributed by atoms with Gasteiger partial charge in [0.05, 0.1) is 41.4 Å². The lowest BCUT2D eigenvalue weighted by Gasteiger charge is -2.26. The zero-order chi connectivity index (χ0) is 31.1. The zero-order valence-electron chi connectivity index (χ0n) is 25.1. The Labute approximate surface area is 252 Å². The van der Waals surface area contributed by atoms with E-state index >= 15 is 0 Å². The van der Waals surface area contributed by atoms with Crippen molar-refractivity contribution in [3.8, 4) is 11.8 Å². The molecule has 2 heterocycles. The second kappa shape index (κ2) is 13.9. The third-order valence-corrected chi connectivity index (χ3v) is 7.87. The van der Waals surface area contributed by atoms with Crippen LogP contribution in [-0.2, 0) is 4.79 Å². The van der Waals surface area contributed by atoms with Gasteiger partial charge in [-0.05, 0) is 51.7 Å². The molecule has 222 valence electrons. The summed E-state index contributed by atoms with van der Waals surface area (Å²) in [6.07, 6.45) is 6.01. The van der Waals surface area contributed by atoms with Crippen LogP contribution in [0.2, 0.25) is 0 Å². The lowest BCUT2D eigenvalue weighted by Crippen LogP contribution is -2.29. The molecule has 0 saturated heterocycles. The Bertz CT molecular complexity index is 1690. The van der Waals surface area contributed by atoms with Crippen LogP contribution in [-0.4, -0.2) is 85.4 Å². The van der Waals surface area contributed by atoms with Gasteiger partial charge in [0.25, 0.3) is 0 Å². The van der Waals surface area contributed by atoms with Gasteiger partial charge in [-0.2, -0.15) is 10.2 Å². The van der Waals surface area contributed by atoms with Crippen LogP contribution in [0, 0.1) is 11.3 Å². The fourth-order valence-electron chi connectivity index (χ4n) is 4.35. The maximum Gasteiger partial charge on any atom is 0.247 e. The monoisotopic (exact) mass is 598 g/mol. The average molecular weight is 599 g/mol. The van der Waals surface area contributed by atoms with Gasteiger partial charge in [-0.15, -0.1) is 0 Å². The SMILES string of the molecule is C=CC(=O)Nc1cc(Nc2ncc(C#N)c(Nc3ccc4nccnc4c3P(C)C)n2)c(OC)cc1N(C)CCN(C)C. The van der Waals surface area contributed by atoms with E-state index in [1.165, 1.54) is 12.3 Å². The Morgan fingerprint density at radius 1 is 1.07 bits per heavy atom. The van der Waals surface area contributed by atoms with Gasteiger partial charge in [0.1, 0.15) is 17.4 Å². The van der Waals surface area contributed by atoms with E-state index in [1.807, 2.05) is 44.2 Å². The molecule has 0 aliphatic heterocycles. The first kappa shape index (κ1) is 31.1. The molecule has 1 amide bonds. The smallest absolute Gasteiger partial charge is 0.247 e. The minimum atomic E-state index is -0.580. The standard InChI is InChI=1S/C30H35N10O2P/c1-8-26(41)35-22-15-23(25(42-5)16-24(22)40(4)14-13-39(2)3)37-30-34-18-19(17-31)29(38-30)36-21-10-9-20-27(28(21)43(6)7)33-12-11-32-20/h8-12,15-16,18H,1,13-14H2,2-7H3,(H,35,41)(H2,34,36,37,38). The normalized spacial score (nSPS) is 10.9. The molecule has 0 aliphatic rings. The number of likely N-dealkylation sites (N-methyl/N-ethyl adjacent to an activating group) is 2. The number of benzene rings is 2. The van der Waals surface area contributed by atoms with E-state index in [9.17, 15) is 10.1 Å². The Balaban J connectivity index is 1.73. The number of ether oxygens (including phenoxy) is 1. The van der Waals surface area contributed by atoms with Crippen molar-refractivity contribution in [3.05, 3.63) is 61.1 Å². The fourth-order valence-corrected chi connectivity index (χ4v) is 5.56. The maximum absolute atomic E-state index is 12.3. The molecule has 0 spiro atoms. The summed E-state index contributed by atoms with van der Waals surface area (Å²) in [4.78, 5) is 34.4. The molecular formula is C30H35N10O2P. The molecule has 0 atom stereocenters. The Morgan fingerprint density at radius 3 is 2.51 bits per heavy atom. The molecule has 0 aliphatic carbocycles. The third kappa shape index (κ3) is 7.33. The molecule has 0 bridgehead atoms. The van der Waals surface area contributed by atoms with Crippen molar-refractivity contribution in [2.24, 2.45) is 0 Å². The maximum atomic E-state index is 12.3. The number of aromatic nitrogens is 4. The van der Waals surface area contributed by atoms with Gasteiger partial charge in [0.15, 0.2) is 5.82 Å². The summed E-state index contributed by atoms with van der Waals surface area (Å²) >= 11 is 0. The summed E-state index contributed by atoms with van der Waals surface area (Å²) in [5.74, 6) is 0.735. The first-order valence-electron chi connectivity index (χ1n) is 13.4. The van der Waals surface area contributed by atoms with Gasteiger partial charge in [-0.3, -0.25) is 14.8 Å². The van der Waals surface area contributed by atoms with Gasteiger partial charge >= 0.3 is 0 Å². The number of nitrogens with one attached hydrogen (secondary N) is 3. The molecule has 3 N–H and O–H groups in total. The van der Waals surface area contributed by atoms with Crippen molar-refractivity contribution >= 4 is 64.7 Å². The van der Waals surface area contributed by atoms with Crippen LogP contribution in [0.3, 0.4) is 0 Å². The van der Waals surface area contributed by atoms with Crippen molar-refractivity contribution in [3.63, 3.8) is 0 Å². The first-order chi connectivity index (χ1) is 20.6. The average Bonchev–Trinajstić information content (AvgIpc) is 2.99. The lowest BCUT2D eigenvalue weighted by atomic mass is 10.2. The van der Waals surface area contributed by atoms with E-state index in [-0.39, 0.29) is 17.4 Å². The highest BCUT2D eigenvalue weighted by Crippen LogP contribution is 2.38. The quantitative estimate of drug-likeness (QED) is 0.159. The van der Waals surface area contributed by atoms with Crippen LogP contribution < -0.4 is 30.9 Å². The minimum Gasteiger partial charge on any atom is -0.494 e. The van der Waals surface area contributed by atoms with Crippen molar-refractivity contribution < 1.29 is 9.53 Å². The van der Waals surface area contributed by atoms with Crippen molar-refractivity contribution in [1.29, 1.82) is 5.26 Å². The van der Waals surface area contributed by atoms with Crippen LogP contribution in [0.4, 0.5) is 34.5 Å². The molecule has 2 aromatic carbocycles. The van der Waals surface area contributed by atoms with Crippen LogP contribution >= 0.6 is 7.92 Å². The number of hydrogen-bond donors (Lipinski definition) is 3.